The van der Waals surface area contributed by atoms with Gasteiger partial charge in [-0.1, -0.05) is 31.2 Å². The highest BCUT2D eigenvalue weighted by molar-refractivity contribution is 7.92. The van der Waals surface area contributed by atoms with Gasteiger partial charge in [-0.15, -0.1) is 0 Å². The molecule has 4 heteroatoms. The molecular formula is C14H23NO2S. The molecule has 102 valence electrons. The van der Waals surface area contributed by atoms with Gasteiger partial charge in [0.05, 0.1) is 11.0 Å². The number of nitrogens with one attached hydrogen (secondary N) is 1. The van der Waals surface area contributed by atoms with Crippen LogP contribution in [0.4, 0.5) is 0 Å². The Morgan fingerprint density at radius 3 is 2.39 bits per heavy atom. The lowest BCUT2D eigenvalue weighted by Crippen LogP contribution is -2.30. The minimum Gasteiger partial charge on any atom is -0.312 e. The Morgan fingerprint density at radius 2 is 1.89 bits per heavy atom. The highest BCUT2D eigenvalue weighted by Crippen LogP contribution is 2.21. The smallest absolute Gasteiger partial charge is 0.154 e. The summed E-state index contributed by atoms with van der Waals surface area (Å²) < 4.78 is 24.4. The minimum absolute atomic E-state index is 0.134. The molecule has 1 aromatic rings. The standard InChI is InChI=1S/C14H23NO2S/c1-5-12(3)18(16,17)10-14(15-4)13-9-7-6-8-11(13)2/h6-9,12,14-15H,5,10H2,1-4H3. The van der Waals surface area contributed by atoms with Crippen molar-refractivity contribution in [3.8, 4) is 0 Å². The van der Waals surface area contributed by atoms with Crippen molar-refractivity contribution in [2.24, 2.45) is 0 Å². The van der Waals surface area contributed by atoms with Crippen LogP contribution in [-0.2, 0) is 9.84 Å². The van der Waals surface area contributed by atoms with E-state index in [9.17, 15) is 8.42 Å². The van der Waals surface area contributed by atoms with E-state index < -0.39 is 9.84 Å². The third-order valence-corrected chi connectivity index (χ3v) is 5.86. The molecule has 0 aliphatic rings. The zero-order valence-corrected chi connectivity index (χ0v) is 12.4. The molecule has 1 N–H and O–H groups in total. The second-order valence-corrected chi connectivity index (χ2v) is 7.21. The highest BCUT2D eigenvalue weighted by atomic mass is 32.2. The van der Waals surface area contributed by atoms with E-state index in [2.05, 4.69) is 5.32 Å². The molecule has 0 saturated carbocycles. The zero-order valence-electron chi connectivity index (χ0n) is 11.6. The van der Waals surface area contributed by atoms with Crippen LogP contribution in [0.25, 0.3) is 0 Å². The summed E-state index contributed by atoms with van der Waals surface area (Å²) in [5.74, 6) is 0.156. The van der Waals surface area contributed by atoms with Crippen LogP contribution < -0.4 is 5.32 Å². The van der Waals surface area contributed by atoms with E-state index in [1.165, 1.54) is 0 Å². The van der Waals surface area contributed by atoms with Crippen molar-refractivity contribution in [1.82, 2.24) is 5.32 Å². The summed E-state index contributed by atoms with van der Waals surface area (Å²) >= 11 is 0. The van der Waals surface area contributed by atoms with Gasteiger partial charge in [-0.2, -0.15) is 0 Å². The Morgan fingerprint density at radius 1 is 1.28 bits per heavy atom. The molecule has 0 aliphatic carbocycles. The molecule has 0 aliphatic heterocycles. The first-order chi connectivity index (χ1) is 8.42. The Hall–Kier alpha value is -0.870. The summed E-state index contributed by atoms with van der Waals surface area (Å²) in [6, 6.07) is 7.78. The van der Waals surface area contributed by atoms with Crippen LogP contribution in [0.2, 0.25) is 0 Å². The van der Waals surface area contributed by atoms with Crippen molar-refractivity contribution < 1.29 is 8.42 Å². The molecule has 3 nitrogen and oxygen atoms in total. The van der Waals surface area contributed by atoms with Gasteiger partial charge in [0.2, 0.25) is 0 Å². The number of benzene rings is 1. The highest BCUT2D eigenvalue weighted by Gasteiger charge is 2.24. The van der Waals surface area contributed by atoms with Crippen molar-refractivity contribution in [2.75, 3.05) is 12.8 Å². The average molecular weight is 269 g/mol. The van der Waals surface area contributed by atoms with Gasteiger partial charge in [-0.3, -0.25) is 0 Å². The molecular weight excluding hydrogens is 246 g/mol. The van der Waals surface area contributed by atoms with Gasteiger partial charge in [-0.05, 0) is 38.4 Å². The summed E-state index contributed by atoms with van der Waals surface area (Å²) in [6.45, 7) is 5.69. The molecule has 0 amide bonds. The number of sulfone groups is 1. The Balaban J connectivity index is 2.97. The Labute approximate surface area is 111 Å². The van der Waals surface area contributed by atoms with Gasteiger partial charge < -0.3 is 5.32 Å². The first-order valence-electron chi connectivity index (χ1n) is 6.36. The van der Waals surface area contributed by atoms with E-state index in [4.69, 9.17) is 0 Å². The second kappa shape index (κ2) is 6.34. The molecule has 0 aromatic heterocycles. The number of rotatable bonds is 6. The molecule has 0 spiro atoms. The zero-order chi connectivity index (χ0) is 13.8. The van der Waals surface area contributed by atoms with Crippen LogP contribution in [0.5, 0.6) is 0 Å². The molecule has 0 bridgehead atoms. The lowest BCUT2D eigenvalue weighted by molar-refractivity contribution is 0.560. The molecule has 2 atom stereocenters. The van der Waals surface area contributed by atoms with Gasteiger partial charge in [0.1, 0.15) is 0 Å². The van der Waals surface area contributed by atoms with Crippen molar-refractivity contribution >= 4 is 9.84 Å². The normalized spacial score (nSPS) is 15.3. The second-order valence-electron chi connectivity index (χ2n) is 4.75. The number of aryl methyl sites for hydroxylation is 1. The molecule has 1 rings (SSSR count). The monoisotopic (exact) mass is 269 g/mol. The van der Waals surface area contributed by atoms with Crippen LogP contribution in [0.1, 0.15) is 37.4 Å². The van der Waals surface area contributed by atoms with E-state index >= 15 is 0 Å². The van der Waals surface area contributed by atoms with E-state index in [-0.39, 0.29) is 17.0 Å². The Bertz CT molecular complexity index is 482. The van der Waals surface area contributed by atoms with Crippen LogP contribution in [0.15, 0.2) is 24.3 Å². The SMILES string of the molecule is CCC(C)S(=O)(=O)CC(NC)c1ccccc1C. The molecule has 18 heavy (non-hydrogen) atoms. The molecule has 2 unspecified atom stereocenters. The van der Waals surface area contributed by atoms with Gasteiger partial charge in [0.15, 0.2) is 9.84 Å². The average Bonchev–Trinajstić information content (AvgIpc) is 2.35. The third kappa shape index (κ3) is 3.56. The number of hydrogen-bond acceptors (Lipinski definition) is 3. The topological polar surface area (TPSA) is 46.2 Å². The van der Waals surface area contributed by atoms with E-state index in [0.29, 0.717) is 6.42 Å². The first-order valence-corrected chi connectivity index (χ1v) is 8.08. The van der Waals surface area contributed by atoms with Gasteiger partial charge in [0, 0.05) is 6.04 Å². The van der Waals surface area contributed by atoms with E-state index in [1.807, 2.05) is 45.2 Å². The fourth-order valence-corrected chi connectivity index (χ4v) is 3.60. The molecule has 0 saturated heterocycles. The van der Waals surface area contributed by atoms with Crippen molar-refractivity contribution in [2.45, 2.75) is 38.5 Å². The summed E-state index contributed by atoms with van der Waals surface area (Å²) in [5.41, 5.74) is 2.18. The van der Waals surface area contributed by atoms with E-state index in [0.717, 1.165) is 11.1 Å². The maximum Gasteiger partial charge on any atom is 0.154 e. The molecule has 0 radical (unpaired) electrons. The fraction of sp³-hybridized carbons (Fsp3) is 0.571. The van der Waals surface area contributed by atoms with Crippen molar-refractivity contribution in [3.63, 3.8) is 0 Å². The van der Waals surface area contributed by atoms with Gasteiger partial charge in [-0.25, -0.2) is 8.42 Å². The predicted octanol–water partition coefficient (Wildman–Crippen LogP) is 2.47. The minimum atomic E-state index is -3.05. The third-order valence-electron chi connectivity index (χ3n) is 3.50. The summed E-state index contributed by atoms with van der Waals surface area (Å²) in [5, 5.41) is 2.83. The predicted molar refractivity (Wildman–Crippen MR) is 76.5 cm³/mol. The van der Waals surface area contributed by atoms with Crippen molar-refractivity contribution in [3.05, 3.63) is 35.4 Å². The first kappa shape index (κ1) is 15.2. The van der Waals surface area contributed by atoms with E-state index in [1.54, 1.807) is 6.92 Å². The number of hydrogen-bond donors (Lipinski definition) is 1. The summed E-state index contributed by atoms with van der Waals surface area (Å²) in [6.07, 6.45) is 0.659. The fourth-order valence-electron chi connectivity index (χ4n) is 1.96. The Kier molecular flexibility index (Phi) is 5.35. The lowest BCUT2D eigenvalue weighted by Gasteiger charge is -2.21. The van der Waals surface area contributed by atoms with Crippen LogP contribution >= 0.6 is 0 Å². The van der Waals surface area contributed by atoms with Gasteiger partial charge in [0.25, 0.3) is 0 Å². The lowest BCUT2D eigenvalue weighted by atomic mass is 10.0. The largest absolute Gasteiger partial charge is 0.312 e. The molecule has 0 fully saturated rings. The van der Waals surface area contributed by atoms with Crippen LogP contribution in [0.3, 0.4) is 0 Å². The maximum absolute atomic E-state index is 12.2. The quantitative estimate of drug-likeness (QED) is 0.863. The van der Waals surface area contributed by atoms with Crippen LogP contribution in [0, 0.1) is 6.92 Å². The summed E-state index contributed by atoms with van der Waals surface area (Å²) in [7, 11) is -1.24. The van der Waals surface area contributed by atoms with Crippen LogP contribution in [-0.4, -0.2) is 26.5 Å². The summed E-state index contributed by atoms with van der Waals surface area (Å²) in [4.78, 5) is 0. The maximum atomic E-state index is 12.2. The van der Waals surface area contributed by atoms with Crippen molar-refractivity contribution in [1.29, 1.82) is 0 Å². The van der Waals surface area contributed by atoms with Gasteiger partial charge >= 0.3 is 0 Å². The molecule has 0 heterocycles. The molecule has 1 aromatic carbocycles.